The molecule has 1 N–H and O–H groups in total. The molecule has 0 saturated heterocycles. The van der Waals surface area contributed by atoms with Crippen molar-refractivity contribution in [1.29, 1.82) is 0 Å². The van der Waals surface area contributed by atoms with Crippen LogP contribution in [0.4, 0.5) is 10.1 Å². The number of hydrogen-bond acceptors (Lipinski definition) is 3. The molecule has 78 valence electrons. The van der Waals surface area contributed by atoms with Crippen molar-refractivity contribution in [3.05, 3.63) is 24.3 Å². The lowest BCUT2D eigenvalue weighted by atomic mass is 10.2. The minimum absolute atomic E-state index is 0.243. The Morgan fingerprint density at radius 2 is 2.36 bits per heavy atom. The van der Waals surface area contributed by atoms with Crippen molar-refractivity contribution < 1.29 is 9.13 Å². The number of anilines is 1. The predicted octanol–water partition coefficient (Wildman–Crippen LogP) is 2.06. The number of nitrogens with one attached hydrogen (secondary N) is 1. The number of nitrogens with zero attached hydrogens (tertiary/aromatic N) is 1. The third-order valence-electron chi connectivity index (χ3n) is 1.96. The van der Waals surface area contributed by atoms with Crippen LogP contribution in [-0.4, -0.2) is 24.7 Å². The maximum Gasteiger partial charge on any atom is 0.212 e. The van der Waals surface area contributed by atoms with Crippen molar-refractivity contribution in [2.75, 3.05) is 19.0 Å². The molecule has 0 aromatic carbocycles. The van der Waals surface area contributed by atoms with E-state index in [2.05, 4.69) is 17.2 Å². The van der Waals surface area contributed by atoms with Crippen LogP contribution in [0.2, 0.25) is 0 Å². The van der Waals surface area contributed by atoms with E-state index in [1.807, 2.05) is 0 Å². The molecular weight excluding hydrogens is 183 g/mol. The van der Waals surface area contributed by atoms with E-state index in [0.717, 1.165) is 12.1 Å². The number of pyridine rings is 1. The summed E-state index contributed by atoms with van der Waals surface area (Å²) >= 11 is 0. The van der Waals surface area contributed by atoms with Gasteiger partial charge >= 0.3 is 0 Å². The molecule has 1 heterocycles. The van der Waals surface area contributed by atoms with E-state index in [1.54, 1.807) is 13.2 Å². The fourth-order valence-corrected chi connectivity index (χ4v) is 1.16. The summed E-state index contributed by atoms with van der Waals surface area (Å²) in [6, 6.07) is 3.25. The average Bonchev–Trinajstić information content (AvgIpc) is 2.20. The number of rotatable bonds is 5. The highest BCUT2D eigenvalue weighted by Crippen LogP contribution is 2.08. The zero-order valence-electron chi connectivity index (χ0n) is 8.46. The van der Waals surface area contributed by atoms with Crippen LogP contribution in [0.15, 0.2) is 18.3 Å². The number of hydrogen-bond donors (Lipinski definition) is 1. The second kappa shape index (κ2) is 5.54. The van der Waals surface area contributed by atoms with E-state index in [9.17, 15) is 4.39 Å². The van der Waals surface area contributed by atoms with E-state index in [-0.39, 0.29) is 6.04 Å². The molecule has 4 heteroatoms. The van der Waals surface area contributed by atoms with Gasteiger partial charge in [-0.05, 0) is 18.6 Å². The van der Waals surface area contributed by atoms with Gasteiger partial charge in [0.1, 0.15) is 0 Å². The minimum Gasteiger partial charge on any atom is -0.383 e. The molecule has 0 amide bonds. The monoisotopic (exact) mass is 198 g/mol. The summed E-state index contributed by atoms with van der Waals surface area (Å²) < 4.78 is 17.5. The molecular formula is C10H15FN2O. The first-order valence-electron chi connectivity index (χ1n) is 4.63. The van der Waals surface area contributed by atoms with Gasteiger partial charge in [-0.1, -0.05) is 6.92 Å². The first-order valence-corrected chi connectivity index (χ1v) is 4.63. The summed E-state index contributed by atoms with van der Waals surface area (Å²) in [4.78, 5) is 3.56. The van der Waals surface area contributed by atoms with Gasteiger partial charge in [-0.3, -0.25) is 0 Å². The minimum atomic E-state index is -0.463. The number of ether oxygens (including phenoxy) is 1. The van der Waals surface area contributed by atoms with E-state index in [0.29, 0.717) is 6.61 Å². The molecule has 1 unspecified atom stereocenters. The van der Waals surface area contributed by atoms with Crippen molar-refractivity contribution in [1.82, 2.24) is 4.98 Å². The fraction of sp³-hybridized carbons (Fsp3) is 0.500. The van der Waals surface area contributed by atoms with Gasteiger partial charge in [-0.2, -0.15) is 4.39 Å². The molecule has 0 bridgehead atoms. The number of halogens is 1. The lowest BCUT2D eigenvalue weighted by Gasteiger charge is -2.16. The lowest BCUT2D eigenvalue weighted by Crippen LogP contribution is -2.23. The number of methoxy groups -OCH3 is 1. The van der Waals surface area contributed by atoms with Crippen LogP contribution in [-0.2, 0) is 4.74 Å². The lowest BCUT2D eigenvalue weighted by molar-refractivity contribution is 0.184. The molecule has 0 saturated carbocycles. The summed E-state index contributed by atoms with van der Waals surface area (Å²) in [6.45, 7) is 2.70. The second-order valence-electron chi connectivity index (χ2n) is 3.07. The Kier molecular flexibility index (Phi) is 4.32. The Hall–Kier alpha value is -1.16. The predicted molar refractivity (Wildman–Crippen MR) is 53.8 cm³/mol. The molecule has 14 heavy (non-hydrogen) atoms. The first-order chi connectivity index (χ1) is 6.76. The maximum absolute atomic E-state index is 12.5. The van der Waals surface area contributed by atoms with Crippen molar-refractivity contribution in [3.63, 3.8) is 0 Å². The van der Waals surface area contributed by atoms with Crippen LogP contribution >= 0.6 is 0 Å². The molecule has 0 spiro atoms. The summed E-state index contributed by atoms with van der Waals surface area (Å²) in [6.07, 6.45) is 2.43. The van der Waals surface area contributed by atoms with Crippen molar-refractivity contribution in [2.45, 2.75) is 19.4 Å². The van der Waals surface area contributed by atoms with Crippen molar-refractivity contribution in [2.24, 2.45) is 0 Å². The smallest absolute Gasteiger partial charge is 0.212 e. The quantitative estimate of drug-likeness (QED) is 0.735. The normalized spacial score (nSPS) is 12.5. The Morgan fingerprint density at radius 3 is 2.86 bits per heavy atom. The van der Waals surface area contributed by atoms with Gasteiger partial charge in [-0.25, -0.2) is 4.98 Å². The van der Waals surface area contributed by atoms with Crippen LogP contribution in [0, 0.1) is 5.95 Å². The van der Waals surface area contributed by atoms with Gasteiger partial charge in [-0.15, -0.1) is 0 Å². The van der Waals surface area contributed by atoms with Gasteiger partial charge in [0.15, 0.2) is 0 Å². The van der Waals surface area contributed by atoms with E-state index in [4.69, 9.17) is 4.74 Å². The average molecular weight is 198 g/mol. The Balaban J connectivity index is 2.53. The third-order valence-corrected chi connectivity index (χ3v) is 1.96. The molecule has 0 aliphatic rings. The van der Waals surface area contributed by atoms with Gasteiger partial charge in [0, 0.05) is 13.2 Å². The summed E-state index contributed by atoms with van der Waals surface area (Å²) in [7, 11) is 1.66. The van der Waals surface area contributed by atoms with Crippen molar-refractivity contribution in [3.8, 4) is 0 Å². The standard InChI is InChI=1S/C10H15FN2O/c1-3-8(7-14-2)13-9-4-5-10(11)12-6-9/h4-6,8,13H,3,7H2,1-2H3. The van der Waals surface area contributed by atoms with Crippen LogP contribution < -0.4 is 5.32 Å². The molecule has 1 atom stereocenters. The zero-order valence-corrected chi connectivity index (χ0v) is 8.46. The molecule has 0 aliphatic carbocycles. The van der Waals surface area contributed by atoms with E-state index < -0.39 is 5.95 Å². The molecule has 0 radical (unpaired) electrons. The topological polar surface area (TPSA) is 34.1 Å². The highest BCUT2D eigenvalue weighted by atomic mass is 19.1. The van der Waals surface area contributed by atoms with Gasteiger partial charge in [0.25, 0.3) is 0 Å². The van der Waals surface area contributed by atoms with Gasteiger partial charge in [0.05, 0.1) is 18.5 Å². The molecule has 0 aliphatic heterocycles. The Morgan fingerprint density at radius 1 is 1.57 bits per heavy atom. The SMILES string of the molecule is CCC(COC)Nc1ccc(F)nc1. The maximum atomic E-state index is 12.5. The number of aromatic nitrogens is 1. The highest BCUT2D eigenvalue weighted by molar-refractivity contribution is 5.40. The second-order valence-corrected chi connectivity index (χ2v) is 3.07. The summed E-state index contributed by atoms with van der Waals surface area (Å²) in [5.74, 6) is -0.463. The van der Waals surface area contributed by atoms with Crippen molar-refractivity contribution >= 4 is 5.69 Å². The molecule has 3 nitrogen and oxygen atoms in total. The molecule has 1 aromatic heterocycles. The van der Waals surface area contributed by atoms with E-state index >= 15 is 0 Å². The fourth-order valence-electron chi connectivity index (χ4n) is 1.16. The largest absolute Gasteiger partial charge is 0.383 e. The Labute approximate surface area is 83.3 Å². The summed E-state index contributed by atoms with van der Waals surface area (Å²) in [5.41, 5.74) is 0.815. The first kappa shape index (κ1) is 10.9. The van der Waals surface area contributed by atoms with Crippen LogP contribution in [0.25, 0.3) is 0 Å². The van der Waals surface area contributed by atoms with Crippen LogP contribution in [0.1, 0.15) is 13.3 Å². The summed E-state index contributed by atoms with van der Waals surface area (Å²) in [5, 5.41) is 3.20. The molecule has 0 fully saturated rings. The zero-order chi connectivity index (χ0) is 10.4. The van der Waals surface area contributed by atoms with Crippen LogP contribution in [0.5, 0.6) is 0 Å². The highest BCUT2D eigenvalue weighted by Gasteiger charge is 2.05. The van der Waals surface area contributed by atoms with Gasteiger partial charge in [0.2, 0.25) is 5.95 Å². The van der Waals surface area contributed by atoms with Gasteiger partial charge < -0.3 is 10.1 Å². The molecule has 1 aromatic rings. The third kappa shape index (κ3) is 3.30. The van der Waals surface area contributed by atoms with Crippen LogP contribution in [0.3, 0.4) is 0 Å². The van der Waals surface area contributed by atoms with E-state index in [1.165, 1.54) is 12.3 Å². The molecule has 1 rings (SSSR count). The Bertz CT molecular complexity index is 263.